The van der Waals surface area contributed by atoms with Gasteiger partial charge in [0, 0.05) is 26.4 Å². The number of pyridine rings is 1. The number of aromatic nitrogens is 1. The second-order valence-corrected chi connectivity index (χ2v) is 7.78. The Balaban J connectivity index is 0.000000465. The van der Waals surface area contributed by atoms with Crippen molar-refractivity contribution in [3.8, 4) is 5.75 Å². The molecule has 0 saturated heterocycles. The van der Waals surface area contributed by atoms with Crippen molar-refractivity contribution in [2.75, 3.05) is 27.0 Å². The van der Waals surface area contributed by atoms with Gasteiger partial charge in [0.05, 0.1) is 25.7 Å². The van der Waals surface area contributed by atoms with E-state index in [0.29, 0.717) is 25.1 Å². The average molecular weight is 376 g/mol. The molecule has 0 bridgehead atoms. The first-order valence-corrected chi connectivity index (χ1v) is 9.92. The molecular weight excluding hydrogens is 342 g/mol. The van der Waals surface area contributed by atoms with E-state index in [4.69, 9.17) is 15.2 Å². The predicted octanol–water partition coefficient (Wildman–Crippen LogP) is 1.93. The van der Waals surface area contributed by atoms with Gasteiger partial charge in [-0.1, -0.05) is 13.8 Å². The van der Waals surface area contributed by atoms with Crippen molar-refractivity contribution >= 4 is 10.0 Å². The van der Waals surface area contributed by atoms with Gasteiger partial charge >= 0.3 is 0 Å². The maximum Gasteiger partial charge on any atom is 0.208 e. The highest BCUT2D eigenvalue weighted by atomic mass is 32.2. The third-order valence-corrected chi connectivity index (χ3v) is 4.63. The average Bonchev–Trinajstić information content (AvgIpc) is 2.60. The molecule has 1 aliphatic rings. The number of nitrogens with two attached hydrogens (primary N) is 1. The fraction of sp³-hybridized carbons (Fsp3) is 0.706. The molecule has 3 N–H and O–H groups in total. The Bertz CT molecular complexity index is 562. The van der Waals surface area contributed by atoms with Gasteiger partial charge in [0.2, 0.25) is 10.0 Å². The zero-order valence-corrected chi connectivity index (χ0v) is 15.5. The fourth-order valence-corrected chi connectivity index (χ4v) is 3.14. The lowest BCUT2D eigenvalue weighted by molar-refractivity contribution is 0.0517. The third-order valence-electron chi connectivity index (χ3n) is 3.94. The van der Waals surface area contributed by atoms with E-state index in [1.165, 1.54) is 6.26 Å². The highest BCUT2D eigenvalue weighted by Gasteiger charge is 2.22. The first-order chi connectivity index (χ1) is 11.4. The number of hydrogen-bond donors (Lipinski definition) is 2. The van der Waals surface area contributed by atoms with Crippen molar-refractivity contribution in [1.29, 1.82) is 0 Å². The Morgan fingerprint density at radius 1 is 1.32 bits per heavy atom. The lowest BCUT2D eigenvalue weighted by Gasteiger charge is -2.27. The second-order valence-electron chi connectivity index (χ2n) is 5.95. The molecule has 0 radical (unpaired) electrons. The van der Waals surface area contributed by atoms with Gasteiger partial charge in [-0.25, -0.2) is 13.1 Å². The molecule has 0 aromatic carbocycles. The molecule has 1 fully saturated rings. The Labute approximate surface area is 152 Å². The van der Waals surface area contributed by atoms with Crippen LogP contribution in [0.15, 0.2) is 18.5 Å². The molecule has 1 heterocycles. The minimum atomic E-state index is -3.04. The van der Waals surface area contributed by atoms with Crippen LogP contribution < -0.4 is 15.2 Å². The van der Waals surface area contributed by atoms with Crippen LogP contribution in [0.25, 0.3) is 0 Å². The van der Waals surface area contributed by atoms with Gasteiger partial charge in [-0.15, -0.1) is 0 Å². The molecule has 25 heavy (non-hydrogen) atoms. The molecule has 0 amide bonds. The Hall–Kier alpha value is -1.22. The van der Waals surface area contributed by atoms with Crippen molar-refractivity contribution in [3.63, 3.8) is 0 Å². The smallest absolute Gasteiger partial charge is 0.208 e. The maximum atomic E-state index is 10.9. The molecule has 2 atom stereocenters. The first kappa shape index (κ1) is 23.8. The second kappa shape index (κ2) is 12.2. The largest absolute Gasteiger partial charge is 0.495 e. The van der Waals surface area contributed by atoms with Crippen LogP contribution in [0.4, 0.5) is 0 Å². The van der Waals surface area contributed by atoms with E-state index in [1.54, 1.807) is 26.6 Å². The quantitative estimate of drug-likeness (QED) is 0.787. The summed E-state index contributed by atoms with van der Waals surface area (Å²) >= 11 is 0. The molecule has 7 nitrogen and oxygen atoms in total. The molecule has 1 saturated carbocycles. The van der Waals surface area contributed by atoms with E-state index in [2.05, 4.69) is 9.71 Å². The number of nitrogens with zero attached hydrogens (tertiary/aromatic N) is 1. The number of nitrogens with one attached hydrogen (secondary N) is 1. The monoisotopic (exact) mass is 375 g/mol. The summed E-state index contributed by atoms with van der Waals surface area (Å²) in [5.41, 5.74) is 6.36. The van der Waals surface area contributed by atoms with Crippen molar-refractivity contribution in [2.45, 2.75) is 45.8 Å². The normalized spacial score (nSPS) is 20.0. The molecule has 1 aromatic heterocycles. The number of methoxy groups -OCH3 is 2. The highest BCUT2D eigenvalue weighted by Crippen LogP contribution is 2.25. The lowest BCUT2D eigenvalue weighted by Crippen LogP contribution is -2.32. The third kappa shape index (κ3) is 10.4. The summed E-state index contributed by atoms with van der Waals surface area (Å²) in [6.07, 6.45) is 9.20. The van der Waals surface area contributed by atoms with Crippen molar-refractivity contribution in [1.82, 2.24) is 9.71 Å². The summed E-state index contributed by atoms with van der Waals surface area (Å²) in [6.45, 7) is 1.06. The summed E-state index contributed by atoms with van der Waals surface area (Å²) in [6, 6.07) is 1.87. The van der Waals surface area contributed by atoms with Crippen LogP contribution in [0.5, 0.6) is 5.75 Å². The van der Waals surface area contributed by atoms with Crippen molar-refractivity contribution in [3.05, 3.63) is 24.0 Å². The summed E-state index contributed by atoms with van der Waals surface area (Å²) < 4.78 is 34.5. The SMILES string of the molecule is C.COC1CCCC(CNS(C)(=O)=O)C1.COc1cncc(CN)c1. The minimum absolute atomic E-state index is 0. The highest BCUT2D eigenvalue weighted by molar-refractivity contribution is 7.88. The number of ether oxygens (including phenoxy) is 2. The summed E-state index contributed by atoms with van der Waals surface area (Å²) in [5, 5.41) is 0. The maximum absolute atomic E-state index is 10.9. The Morgan fingerprint density at radius 3 is 2.60 bits per heavy atom. The lowest BCUT2D eigenvalue weighted by atomic mass is 9.87. The molecule has 1 aliphatic carbocycles. The predicted molar refractivity (Wildman–Crippen MR) is 101 cm³/mol. The van der Waals surface area contributed by atoms with Crippen LogP contribution in [0.2, 0.25) is 0 Å². The molecule has 2 rings (SSSR count). The van der Waals surface area contributed by atoms with Crippen LogP contribution >= 0.6 is 0 Å². The van der Waals surface area contributed by atoms with Gasteiger partial charge < -0.3 is 15.2 Å². The van der Waals surface area contributed by atoms with Gasteiger partial charge in [-0.05, 0) is 36.8 Å². The summed E-state index contributed by atoms with van der Waals surface area (Å²) in [4.78, 5) is 3.92. The molecular formula is C17H33N3O4S. The number of sulfonamides is 1. The van der Waals surface area contributed by atoms with Crippen molar-refractivity contribution in [2.24, 2.45) is 11.7 Å². The standard InChI is InChI=1S/C9H19NO3S.C7H10N2O.CH4/c1-13-9-5-3-4-8(6-9)7-10-14(2,11)12;1-10-7-2-6(3-8)4-9-5-7;/h8-10H,3-7H2,1-2H3;2,4-5H,3,8H2,1H3;1H4. The Morgan fingerprint density at radius 2 is 2.04 bits per heavy atom. The fourth-order valence-electron chi connectivity index (χ4n) is 2.60. The topological polar surface area (TPSA) is 104 Å². The number of rotatable bonds is 6. The van der Waals surface area contributed by atoms with Gasteiger partial charge in [-0.2, -0.15) is 0 Å². The van der Waals surface area contributed by atoms with Crippen LogP contribution in [0.3, 0.4) is 0 Å². The van der Waals surface area contributed by atoms with E-state index >= 15 is 0 Å². The zero-order valence-electron chi connectivity index (χ0n) is 14.7. The summed E-state index contributed by atoms with van der Waals surface area (Å²) in [5.74, 6) is 1.19. The van der Waals surface area contributed by atoms with Crippen LogP contribution in [-0.2, 0) is 21.3 Å². The van der Waals surface area contributed by atoms with E-state index < -0.39 is 10.0 Å². The van der Waals surface area contributed by atoms with Gasteiger partial charge in [0.15, 0.2) is 0 Å². The molecule has 2 unspecified atom stereocenters. The molecule has 0 spiro atoms. The molecule has 1 aromatic rings. The molecule has 0 aliphatic heterocycles. The van der Waals surface area contributed by atoms with E-state index in [1.807, 2.05) is 6.07 Å². The van der Waals surface area contributed by atoms with Crippen molar-refractivity contribution < 1.29 is 17.9 Å². The zero-order chi connectivity index (χ0) is 18.0. The van der Waals surface area contributed by atoms with Gasteiger partial charge in [0.1, 0.15) is 5.75 Å². The van der Waals surface area contributed by atoms with E-state index in [0.717, 1.165) is 37.0 Å². The van der Waals surface area contributed by atoms with Gasteiger partial charge in [0.25, 0.3) is 0 Å². The minimum Gasteiger partial charge on any atom is -0.495 e. The summed E-state index contributed by atoms with van der Waals surface area (Å²) in [7, 11) is 0.289. The van der Waals surface area contributed by atoms with E-state index in [9.17, 15) is 8.42 Å². The Kier molecular flexibility index (Phi) is 11.6. The number of hydrogen-bond acceptors (Lipinski definition) is 6. The van der Waals surface area contributed by atoms with Gasteiger partial charge in [-0.3, -0.25) is 4.98 Å². The van der Waals surface area contributed by atoms with Crippen LogP contribution in [0, 0.1) is 5.92 Å². The van der Waals surface area contributed by atoms with Crippen LogP contribution in [0.1, 0.15) is 38.7 Å². The van der Waals surface area contributed by atoms with Crippen LogP contribution in [-0.4, -0.2) is 46.5 Å². The van der Waals surface area contributed by atoms with E-state index in [-0.39, 0.29) is 7.43 Å². The molecule has 146 valence electrons. The molecule has 8 heteroatoms. The first-order valence-electron chi connectivity index (χ1n) is 8.03.